The van der Waals surface area contributed by atoms with E-state index in [1.54, 1.807) is 7.05 Å². The van der Waals surface area contributed by atoms with Crippen LogP contribution in [0.1, 0.15) is 11.4 Å². The van der Waals surface area contributed by atoms with Crippen LogP contribution in [0.4, 0.5) is 17.3 Å². The number of fused-ring (bicyclic) bond motifs is 1. The van der Waals surface area contributed by atoms with Gasteiger partial charge in [-0.2, -0.15) is 4.31 Å². The maximum atomic E-state index is 13.3. The van der Waals surface area contributed by atoms with E-state index in [-0.39, 0.29) is 4.90 Å². The van der Waals surface area contributed by atoms with Gasteiger partial charge in [-0.15, -0.1) is 0 Å². The van der Waals surface area contributed by atoms with Gasteiger partial charge in [-0.05, 0) is 44.2 Å². The smallest absolute Gasteiger partial charge is 0.408 e. The maximum absolute atomic E-state index is 13.3. The lowest BCUT2D eigenvalue weighted by molar-refractivity contribution is 0.383. The zero-order valence-electron chi connectivity index (χ0n) is 19.7. The van der Waals surface area contributed by atoms with E-state index in [9.17, 15) is 13.2 Å². The average molecular weight is 495 g/mol. The molecule has 0 spiro atoms. The summed E-state index contributed by atoms with van der Waals surface area (Å²) in [4.78, 5) is 23.0. The Morgan fingerprint density at radius 3 is 2.37 bits per heavy atom. The fourth-order valence-corrected chi connectivity index (χ4v) is 5.58. The van der Waals surface area contributed by atoms with E-state index in [1.165, 1.54) is 32.6 Å². The van der Waals surface area contributed by atoms with Gasteiger partial charge in [-0.1, -0.05) is 17.7 Å². The Morgan fingerprint density at radius 1 is 0.943 bits per heavy atom. The third-order valence-corrected chi connectivity index (χ3v) is 8.01. The summed E-state index contributed by atoms with van der Waals surface area (Å²) in [5, 5.41) is 3.31. The number of oxazole rings is 1. The van der Waals surface area contributed by atoms with Crippen LogP contribution in [-0.4, -0.2) is 53.4 Å². The number of anilines is 3. The van der Waals surface area contributed by atoms with Crippen molar-refractivity contribution in [2.24, 2.45) is 7.05 Å². The Morgan fingerprint density at radius 2 is 1.66 bits per heavy atom. The topological polar surface area (TPSA) is 114 Å². The van der Waals surface area contributed by atoms with Gasteiger partial charge in [0.25, 0.3) is 0 Å². The van der Waals surface area contributed by atoms with Crippen molar-refractivity contribution in [2.75, 3.05) is 36.4 Å². The van der Waals surface area contributed by atoms with Gasteiger partial charge >= 0.3 is 5.76 Å². The van der Waals surface area contributed by atoms with Crippen molar-refractivity contribution in [2.45, 2.75) is 18.7 Å². The molecule has 3 heterocycles. The van der Waals surface area contributed by atoms with E-state index in [1.807, 2.05) is 44.2 Å². The molecule has 1 aliphatic rings. The summed E-state index contributed by atoms with van der Waals surface area (Å²) >= 11 is 0. The molecule has 0 amide bonds. The van der Waals surface area contributed by atoms with Crippen LogP contribution in [0.5, 0.6) is 0 Å². The van der Waals surface area contributed by atoms with Crippen molar-refractivity contribution in [3.8, 4) is 0 Å². The number of nitrogens with zero attached hydrogens (tertiary/aromatic N) is 5. The molecular weight excluding hydrogens is 468 g/mol. The monoisotopic (exact) mass is 494 g/mol. The Bertz CT molecular complexity index is 1550. The minimum Gasteiger partial charge on any atom is -0.408 e. The summed E-state index contributed by atoms with van der Waals surface area (Å²) in [6.45, 7) is 5.49. The molecule has 10 nitrogen and oxygen atoms in total. The molecule has 0 radical (unpaired) electrons. The molecule has 0 aliphatic carbocycles. The largest absolute Gasteiger partial charge is 0.419 e. The molecule has 1 saturated heterocycles. The normalized spacial score (nSPS) is 15.0. The van der Waals surface area contributed by atoms with Crippen LogP contribution in [0.2, 0.25) is 0 Å². The second-order valence-electron chi connectivity index (χ2n) is 8.60. The van der Waals surface area contributed by atoms with E-state index < -0.39 is 15.8 Å². The standard InChI is InChI=1S/C24H26N6O4S/c1-16-4-6-18(7-5-16)27-22-15-23(26-17(2)25-22)29-10-12-30(13-11-29)35(32,33)19-8-9-21-20(14-19)28(3)24(31)34-21/h4-9,14-15H,10-13H2,1-3H3,(H,25,26,27). The third kappa shape index (κ3) is 4.52. The molecule has 0 bridgehead atoms. The van der Waals surface area contributed by atoms with Gasteiger partial charge in [0.05, 0.1) is 10.4 Å². The van der Waals surface area contributed by atoms with Crippen LogP contribution in [-0.2, 0) is 17.1 Å². The lowest BCUT2D eigenvalue weighted by Crippen LogP contribution is -2.49. The molecule has 35 heavy (non-hydrogen) atoms. The first-order chi connectivity index (χ1) is 16.7. The second kappa shape index (κ2) is 8.82. The van der Waals surface area contributed by atoms with Gasteiger partial charge in [-0.3, -0.25) is 4.57 Å². The minimum atomic E-state index is -3.72. The van der Waals surface area contributed by atoms with Crippen molar-refractivity contribution < 1.29 is 12.8 Å². The number of nitrogens with one attached hydrogen (secondary N) is 1. The van der Waals surface area contributed by atoms with Crippen LogP contribution >= 0.6 is 0 Å². The molecule has 11 heteroatoms. The van der Waals surface area contributed by atoms with E-state index in [2.05, 4.69) is 20.2 Å². The van der Waals surface area contributed by atoms with E-state index >= 15 is 0 Å². The van der Waals surface area contributed by atoms with Crippen molar-refractivity contribution in [3.63, 3.8) is 0 Å². The molecule has 1 aliphatic heterocycles. The summed E-state index contributed by atoms with van der Waals surface area (Å²) in [6.07, 6.45) is 0. The van der Waals surface area contributed by atoms with Gasteiger partial charge in [-0.25, -0.2) is 23.2 Å². The summed E-state index contributed by atoms with van der Waals surface area (Å²) in [6, 6.07) is 14.4. The van der Waals surface area contributed by atoms with Gasteiger partial charge in [0.2, 0.25) is 10.0 Å². The van der Waals surface area contributed by atoms with Gasteiger partial charge in [0.15, 0.2) is 5.58 Å². The highest BCUT2D eigenvalue weighted by Gasteiger charge is 2.30. The lowest BCUT2D eigenvalue weighted by atomic mass is 10.2. The summed E-state index contributed by atoms with van der Waals surface area (Å²) in [7, 11) is -2.17. The number of aryl methyl sites for hydroxylation is 3. The summed E-state index contributed by atoms with van der Waals surface area (Å²) in [5.41, 5.74) is 2.91. The Labute approximate surface area is 202 Å². The third-order valence-electron chi connectivity index (χ3n) is 6.11. The Kier molecular flexibility index (Phi) is 5.81. The van der Waals surface area contributed by atoms with Crippen LogP contribution in [0.25, 0.3) is 11.1 Å². The summed E-state index contributed by atoms with van der Waals surface area (Å²) < 4.78 is 34.4. The maximum Gasteiger partial charge on any atom is 0.419 e. The number of aromatic nitrogens is 3. The number of benzene rings is 2. The first-order valence-corrected chi connectivity index (χ1v) is 12.7. The molecule has 0 unspecified atom stereocenters. The van der Waals surface area contributed by atoms with Crippen LogP contribution in [0.15, 0.2) is 62.6 Å². The second-order valence-corrected chi connectivity index (χ2v) is 10.5. The van der Waals surface area contributed by atoms with Gasteiger partial charge < -0.3 is 14.6 Å². The zero-order valence-corrected chi connectivity index (χ0v) is 20.5. The lowest BCUT2D eigenvalue weighted by Gasteiger charge is -2.34. The molecule has 0 atom stereocenters. The summed E-state index contributed by atoms with van der Waals surface area (Å²) in [5.74, 6) is 1.54. The van der Waals surface area contributed by atoms with Crippen LogP contribution < -0.4 is 16.0 Å². The zero-order chi connectivity index (χ0) is 24.7. The van der Waals surface area contributed by atoms with Crippen molar-refractivity contribution >= 4 is 38.4 Å². The average Bonchev–Trinajstić information content (AvgIpc) is 3.13. The molecule has 5 rings (SSSR count). The Balaban J connectivity index is 1.32. The van der Waals surface area contributed by atoms with Crippen LogP contribution in [0, 0.1) is 13.8 Å². The fourth-order valence-electron chi connectivity index (χ4n) is 4.14. The van der Waals surface area contributed by atoms with E-state index in [0.717, 1.165) is 11.5 Å². The molecule has 182 valence electrons. The van der Waals surface area contributed by atoms with Gasteiger partial charge in [0, 0.05) is 45.0 Å². The highest BCUT2D eigenvalue weighted by molar-refractivity contribution is 7.89. The van der Waals surface area contributed by atoms with E-state index in [0.29, 0.717) is 48.9 Å². The van der Waals surface area contributed by atoms with Crippen LogP contribution in [0.3, 0.4) is 0 Å². The molecule has 0 saturated carbocycles. The quantitative estimate of drug-likeness (QED) is 0.451. The fraction of sp³-hybridized carbons (Fsp3) is 0.292. The van der Waals surface area contributed by atoms with Crippen molar-refractivity contribution in [1.29, 1.82) is 0 Å². The molecule has 1 N–H and O–H groups in total. The molecule has 4 aromatic rings. The molecule has 2 aromatic carbocycles. The number of sulfonamides is 1. The number of rotatable bonds is 5. The molecular formula is C24H26N6O4S. The SMILES string of the molecule is Cc1ccc(Nc2cc(N3CCN(S(=O)(=O)c4ccc5oc(=O)n(C)c5c4)CC3)nc(C)n2)cc1. The first-order valence-electron chi connectivity index (χ1n) is 11.2. The molecule has 2 aromatic heterocycles. The predicted octanol–water partition coefficient (Wildman–Crippen LogP) is 2.79. The highest BCUT2D eigenvalue weighted by atomic mass is 32.2. The first kappa shape index (κ1) is 23.1. The highest BCUT2D eigenvalue weighted by Crippen LogP contribution is 2.25. The predicted molar refractivity (Wildman–Crippen MR) is 134 cm³/mol. The van der Waals surface area contributed by atoms with Crippen molar-refractivity contribution in [1.82, 2.24) is 18.8 Å². The Hall–Kier alpha value is -3.70. The molecule has 1 fully saturated rings. The number of piperazine rings is 1. The van der Waals surface area contributed by atoms with Crippen molar-refractivity contribution in [3.05, 3.63) is 70.5 Å². The number of hydrogen-bond donors (Lipinski definition) is 1. The van der Waals surface area contributed by atoms with E-state index in [4.69, 9.17) is 4.42 Å². The number of hydrogen-bond acceptors (Lipinski definition) is 8. The minimum absolute atomic E-state index is 0.136. The van der Waals surface area contributed by atoms with Gasteiger partial charge in [0.1, 0.15) is 17.5 Å².